The van der Waals surface area contributed by atoms with Gasteiger partial charge in [0.1, 0.15) is 6.20 Å². The smallest absolute Gasteiger partial charge is 0.287 e. The number of hydrogen-bond acceptors (Lipinski definition) is 8. The van der Waals surface area contributed by atoms with Crippen LogP contribution in [0.3, 0.4) is 0 Å². The molecule has 10 nitrogen and oxygen atoms in total. The predicted molar refractivity (Wildman–Crippen MR) is 116 cm³/mol. The fourth-order valence-corrected chi connectivity index (χ4v) is 4.74. The fourth-order valence-electron chi connectivity index (χ4n) is 4.74. The first-order valence-corrected chi connectivity index (χ1v) is 10.6. The van der Waals surface area contributed by atoms with Gasteiger partial charge in [-0.1, -0.05) is 12.2 Å². The maximum atomic E-state index is 12.8. The van der Waals surface area contributed by atoms with Crippen molar-refractivity contribution >= 4 is 23.7 Å². The van der Waals surface area contributed by atoms with Gasteiger partial charge in [-0.15, -0.1) is 0 Å². The number of hydrazone groups is 1. The molecule has 1 aromatic heterocycles. The van der Waals surface area contributed by atoms with Crippen LogP contribution in [0.15, 0.2) is 53.8 Å². The molecule has 10 heteroatoms. The quantitative estimate of drug-likeness (QED) is 0.209. The molecule has 1 aromatic carbocycles. The van der Waals surface area contributed by atoms with Crippen molar-refractivity contribution in [3.8, 4) is 17.4 Å². The first-order valence-electron chi connectivity index (χ1n) is 10.6. The molecule has 1 saturated heterocycles. The van der Waals surface area contributed by atoms with Gasteiger partial charge in [0, 0.05) is 12.1 Å². The number of carbonyl (C=O) groups is 2. The van der Waals surface area contributed by atoms with E-state index in [0.717, 1.165) is 17.6 Å². The largest absolute Gasteiger partial charge is 0.490 e. The number of ether oxygens (including phenoxy) is 2. The number of aromatic nitrogens is 1. The first-order chi connectivity index (χ1) is 16.0. The molecule has 0 N–H and O–H groups in total. The number of rotatable bonds is 7. The molecule has 168 valence electrons. The van der Waals surface area contributed by atoms with E-state index in [4.69, 9.17) is 9.47 Å². The lowest BCUT2D eigenvalue weighted by atomic mass is 9.85. The van der Waals surface area contributed by atoms with Crippen LogP contribution in [0.5, 0.6) is 17.4 Å². The van der Waals surface area contributed by atoms with Gasteiger partial charge in [0.05, 0.1) is 29.6 Å². The zero-order valence-corrected chi connectivity index (χ0v) is 17.7. The number of allylic oxidation sites excluding steroid dienone is 2. The average molecular weight is 448 g/mol. The van der Waals surface area contributed by atoms with Gasteiger partial charge in [0.2, 0.25) is 5.88 Å². The molecule has 2 aromatic rings. The molecule has 0 unspecified atom stereocenters. The van der Waals surface area contributed by atoms with Crippen molar-refractivity contribution in [2.45, 2.75) is 13.3 Å². The molecular formula is C23H20N4O6. The molecule has 3 aliphatic rings. The zero-order valence-electron chi connectivity index (χ0n) is 17.7. The molecule has 5 rings (SSSR count). The minimum absolute atomic E-state index is 0.130. The molecule has 0 radical (unpaired) electrons. The van der Waals surface area contributed by atoms with E-state index >= 15 is 0 Å². The van der Waals surface area contributed by atoms with Crippen molar-refractivity contribution in [1.82, 2.24) is 9.99 Å². The Balaban J connectivity index is 1.34. The van der Waals surface area contributed by atoms with Crippen molar-refractivity contribution < 1.29 is 24.0 Å². The van der Waals surface area contributed by atoms with Crippen LogP contribution in [0.25, 0.3) is 0 Å². The number of imide groups is 1. The summed E-state index contributed by atoms with van der Waals surface area (Å²) in [6.07, 6.45) is 7.50. The number of fused-ring (bicyclic) bond motifs is 5. The molecule has 4 atom stereocenters. The van der Waals surface area contributed by atoms with E-state index in [0.29, 0.717) is 23.7 Å². The van der Waals surface area contributed by atoms with Crippen LogP contribution >= 0.6 is 0 Å². The van der Waals surface area contributed by atoms with Crippen molar-refractivity contribution in [2.24, 2.45) is 28.8 Å². The number of nitro groups is 1. The Morgan fingerprint density at radius 1 is 1.15 bits per heavy atom. The van der Waals surface area contributed by atoms with E-state index in [1.54, 1.807) is 18.2 Å². The van der Waals surface area contributed by atoms with Crippen molar-refractivity contribution in [3.63, 3.8) is 0 Å². The fraction of sp³-hybridized carbons (Fsp3) is 0.304. The van der Waals surface area contributed by atoms with Crippen LogP contribution in [0.4, 0.5) is 5.69 Å². The summed E-state index contributed by atoms with van der Waals surface area (Å²) < 4.78 is 11.4. The maximum Gasteiger partial charge on any atom is 0.287 e. The lowest BCUT2D eigenvalue weighted by Gasteiger charge is -2.13. The first kappa shape index (κ1) is 20.8. The van der Waals surface area contributed by atoms with E-state index in [1.807, 2.05) is 19.1 Å². The SMILES string of the molecule is CCOc1cc(C=NN2C(=O)[C@@H]3[C@H](C2=O)[C@H]2C=C[C@H]3C2)ccc1Oc1ccc([N+](=O)[O-])cn1. The van der Waals surface area contributed by atoms with Gasteiger partial charge >= 0.3 is 0 Å². The van der Waals surface area contributed by atoms with Crippen LogP contribution in [0.2, 0.25) is 0 Å². The third-order valence-electron chi connectivity index (χ3n) is 6.18. The normalized spacial score (nSPS) is 25.2. The second-order valence-electron chi connectivity index (χ2n) is 8.09. The summed E-state index contributed by atoms with van der Waals surface area (Å²) in [6.45, 7) is 2.18. The number of amides is 2. The molecule has 2 fully saturated rings. The molecule has 2 aliphatic carbocycles. The Morgan fingerprint density at radius 3 is 2.48 bits per heavy atom. The number of benzene rings is 1. The molecule has 2 bridgehead atoms. The second kappa shape index (κ2) is 8.12. The second-order valence-corrected chi connectivity index (χ2v) is 8.09. The monoisotopic (exact) mass is 448 g/mol. The Morgan fingerprint density at radius 2 is 1.88 bits per heavy atom. The summed E-state index contributed by atoms with van der Waals surface area (Å²) in [7, 11) is 0. The molecular weight excluding hydrogens is 428 g/mol. The minimum atomic E-state index is -0.541. The van der Waals surface area contributed by atoms with Crippen LogP contribution in [0.1, 0.15) is 18.9 Å². The van der Waals surface area contributed by atoms with Gasteiger partial charge in [0.15, 0.2) is 11.5 Å². The lowest BCUT2D eigenvalue weighted by molar-refractivity contribution is -0.385. The zero-order chi connectivity index (χ0) is 23.1. The van der Waals surface area contributed by atoms with Crippen LogP contribution < -0.4 is 9.47 Å². The van der Waals surface area contributed by atoms with Crippen molar-refractivity contribution in [1.29, 1.82) is 0 Å². The Labute approximate surface area is 188 Å². The molecule has 33 heavy (non-hydrogen) atoms. The summed E-state index contributed by atoms with van der Waals surface area (Å²) >= 11 is 0. The number of pyridine rings is 1. The van der Waals surface area contributed by atoms with E-state index < -0.39 is 4.92 Å². The van der Waals surface area contributed by atoms with Crippen molar-refractivity contribution in [2.75, 3.05) is 6.61 Å². The summed E-state index contributed by atoms with van der Waals surface area (Å²) in [5, 5.41) is 16.0. The van der Waals surface area contributed by atoms with E-state index in [1.165, 1.54) is 18.3 Å². The minimum Gasteiger partial charge on any atom is -0.490 e. The molecule has 1 saturated carbocycles. The predicted octanol–water partition coefficient (Wildman–Crippen LogP) is 3.32. The van der Waals surface area contributed by atoms with E-state index in [2.05, 4.69) is 10.1 Å². The highest BCUT2D eigenvalue weighted by atomic mass is 16.6. The van der Waals surface area contributed by atoms with Crippen LogP contribution in [0, 0.1) is 33.8 Å². The van der Waals surface area contributed by atoms with Crippen molar-refractivity contribution in [3.05, 3.63) is 64.4 Å². The lowest BCUT2D eigenvalue weighted by Crippen LogP contribution is -2.28. The number of nitrogens with zero attached hydrogens (tertiary/aromatic N) is 4. The molecule has 1 aliphatic heterocycles. The summed E-state index contributed by atoms with van der Waals surface area (Å²) in [5.41, 5.74) is 0.471. The average Bonchev–Trinajstić information content (AvgIpc) is 3.49. The van der Waals surface area contributed by atoms with Gasteiger partial charge in [-0.2, -0.15) is 10.1 Å². The standard InChI is InChI=1S/C23H20N4O6/c1-2-32-18-9-13(3-7-17(18)33-19-8-6-16(12-24-19)27(30)31)11-25-26-22(28)20-14-4-5-15(10-14)21(20)23(26)29/h3-9,11-12,14-15,20-21H,2,10H2,1H3/t14-,15-,20-,21+/m0/s1. The van der Waals surface area contributed by atoms with E-state index in [-0.39, 0.29) is 47.1 Å². The molecule has 0 spiro atoms. The van der Waals surface area contributed by atoms with Crippen LogP contribution in [-0.4, -0.2) is 39.6 Å². The maximum absolute atomic E-state index is 12.8. The summed E-state index contributed by atoms with van der Waals surface area (Å²) in [6, 6.07) is 7.70. The van der Waals surface area contributed by atoms with Gasteiger partial charge in [-0.3, -0.25) is 19.7 Å². The highest BCUT2D eigenvalue weighted by molar-refractivity contribution is 6.06. The van der Waals surface area contributed by atoms with E-state index in [9.17, 15) is 19.7 Å². The molecule has 2 heterocycles. The summed E-state index contributed by atoms with van der Waals surface area (Å²) in [4.78, 5) is 39.7. The van der Waals surface area contributed by atoms with Gasteiger partial charge in [0.25, 0.3) is 17.5 Å². The Kier molecular flexibility index (Phi) is 5.12. The molecule has 2 amide bonds. The number of carbonyl (C=O) groups excluding carboxylic acids is 2. The van der Waals surface area contributed by atoms with Gasteiger partial charge < -0.3 is 9.47 Å². The van der Waals surface area contributed by atoms with Gasteiger partial charge in [-0.05, 0) is 48.9 Å². The highest BCUT2D eigenvalue weighted by Crippen LogP contribution is 2.52. The topological polar surface area (TPSA) is 124 Å². The highest BCUT2D eigenvalue weighted by Gasteiger charge is 2.59. The Hall–Kier alpha value is -4.08. The third-order valence-corrected chi connectivity index (χ3v) is 6.18. The third kappa shape index (κ3) is 3.63. The Bertz CT molecular complexity index is 1160. The number of hydrogen-bond donors (Lipinski definition) is 0. The summed E-state index contributed by atoms with van der Waals surface area (Å²) in [5.74, 6) is 0.116. The van der Waals surface area contributed by atoms with Crippen LogP contribution in [-0.2, 0) is 9.59 Å². The van der Waals surface area contributed by atoms with Gasteiger partial charge in [-0.25, -0.2) is 4.98 Å².